The number of rotatable bonds is 6. The Morgan fingerprint density at radius 1 is 1.24 bits per heavy atom. The molecule has 4 rings (SSSR count). The zero-order valence-corrected chi connectivity index (χ0v) is 14.5. The van der Waals surface area contributed by atoms with Crippen molar-refractivity contribution in [3.05, 3.63) is 35.9 Å². The smallest absolute Gasteiger partial charge is 0.330 e. The van der Waals surface area contributed by atoms with Crippen molar-refractivity contribution >= 4 is 11.9 Å². The van der Waals surface area contributed by atoms with Crippen molar-refractivity contribution in [1.82, 2.24) is 10.2 Å². The van der Waals surface area contributed by atoms with Gasteiger partial charge in [0.2, 0.25) is 5.91 Å². The molecule has 1 heterocycles. The lowest BCUT2D eigenvalue weighted by atomic mass is 9.88. The van der Waals surface area contributed by atoms with Gasteiger partial charge < -0.3 is 10.4 Å². The average Bonchev–Trinajstić information content (AvgIpc) is 3.47. The van der Waals surface area contributed by atoms with Crippen LogP contribution in [0, 0.1) is 17.8 Å². The normalized spacial score (nSPS) is 32.2. The molecule has 1 amide bonds. The van der Waals surface area contributed by atoms with Gasteiger partial charge in [0.15, 0.2) is 5.54 Å². The van der Waals surface area contributed by atoms with E-state index in [0.29, 0.717) is 18.9 Å². The Morgan fingerprint density at radius 2 is 2.00 bits per heavy atom. The lowest BCUT2D eigenvalue weighted by Crippen LogP contribution is -2.63. The van der Waals surface area contributed by atoms with E-state index in [-0.39, 0.29) is 11.8 Å². The Labute approximate surface area is 148 Å². The number of nitrogens with one attached hydrogen (secondary N) is 1. The van der Waals surface area contributed by atoms with Crippen molar-refractivity contribution in [2.45, 2.75) is 44.2 Å². The fraction of sp³-hybridized carbons (Fsp3) is 0.600. The number of nitrogens with zero attached hydrogens (tertiary/aromatic N) is 1. The Hall–Kier alpha value is -1.88. The third-order valence-corrected chi connectivity index (χ3v) is 6.00. The summed E-state index contributed by atoms with van der Waals surface area (Å²) in [6, 6.07) is 10.1. The summed E-state index contributed by atoms with van der Waals surface area (Å²) >= 11 is 0. The van der Waals surface area contributed by atoms with Gasteiger partial charge in [-0.15, -0.1) is 0 Å². The number of carbonyl (C=O) groups excluding carboxylic acids is 1. The number of carbonyl (C=O) groups is 2. The van der Waals surface area contributed by atoms with E-state index >= 15 is 0 Å². The molecule has 2 aliphatic carbocycles. The summed E-state index contributed by atoms with van der Waals surface area (Å²) in [5.74, 6) is 0.337. The maximum atomic E-state index is 12.6. The van der Waals surface area contributed by atoms with Crippen LogP contribution in [-0.2, 0) is 16.1 Å². The Bertz CT molecular complexity index is 658. The fourth-order valence-electron chi connectivity index (χ4n) is 4.34. The summed E-state index contributed by atoms with van der Waals surface area (Å²) in [7, 11) is 0. The number of amides is 1. The largest absolute Gasteiger partial charge is 0.479 e. The van der Waals surface area contributed by atoms with Gasteiger partial charge in [-0.05, 0) is 56.0 Å². The third kappa shape index (κ3) is 3.56. The summed E-state index contributed by atoms with van der Waals surface area (Å²) in [4.78, 5) is 26.8. The van der Waals surface area contributed by atoms with Crippen LogP contribution in [0.1, 0.15) is 37.7 Å². The number of likely N-dealkylation sites (tertiary alicyclic amines) is 1. The zero-order valence-electron chi connectivity index (χ0n) is 14.5. The van der Waals surface area contributed by atoms with Crippen LogP contribution < -0.4 is 5.32 Å². The Morgan fingerprint density at radius 3 is 2.68 bits per heavy atom. The zero-order chi connectivity index (χ0) is 17.4. The molecule has 25 heavy (non-hydrogen) atoms. The van der Waals surface area contributed by atoms with Crippen molar-refractivity contribution in [1.29, 1.82) is 0 Å². The van der Waals surface area contributed by atoms with Crippen LogP contribution in [-0.4, -0.2) is 40.5 Å². The molecule has 3 aliphatic rings. The summed E-state index contributed by atoms with van der Waals surface area (Å²) in [6.07, 6.45) is 4.73. The topological polar surface area (TPSA) is 69.6 Å². The van der Waals surface area contributed by atoms with Gasteiger partial charge in [-0.2, -0.15) is 0 Å². The predicted octanol–water partition coefficient (Wildman–Crippen LogP) is 2.27. The van der Waals surface area contributed by atoms with Crippen LogP contribution in [0.3, 0.4) is 0 Å². The van der Waals surface area contributed by atoms with Gasteiger partial charge in [0.05, 0.1) is 0 Å². The van der Waals surface area contributed by atoms with Crippen LogP contribution >= 0.6 is 0 Å². The van der Waals surface area contributed by atoms with Gasteiger partial charge in [-0.1, -0.05) is 30.3 Å². The molecular formula is C20H26N2O3. The number of hydrogen-bond donors (Lipinski definition) is 2. The Kier molecular flexibility index (Phi) is 4.28. The highest BCUT2D eigenvalue weighted by atomic mass is 16.4. The molecule has 5 heteroatoms. The highest BCUT2D eigenvalue weighted by Crippen LogP contribution is 2.54. The molecule has 0 aromatic heterocycles. The first-order chi connectivity index (χ1) is 12.1. The first-order valence-corrected chi connectivity index (χ1v) is 9.39. The summed E-state index contributed by atoms with van der Waals surface area (Å²) in [6.45, 7) is 1.97. The predicted molar refractivity (Wildman–Crippen MR) is 93.8 cm³/mol. The quantitative estimate of drug-likeness (QED) is 0.832. The molecule has 5 nitrogen and oxygen atoms in total. The summed E-state index contributed by atoms with van der Waals surface area (Å²) in [5.41, 5.74) is 0.0341. The molecule has 3 atom stereocenters. The molecule has 2 saturated carbocycles. The van der Waals surface area contributed by atoms with Crippen molar-refractivity contribution in [3.63, 3.8) is 0 Å². The number of carboxylic acids is 1. The fourth-order valence-corrected chi connectivity index (χ4v) is 4.34. The van der Waals surface area contributed by atoms with Gasteiger partial charge in [0.25, 0.3) is 0 Å². The van der Waals surface area contributed by atoms with Crippen molar-refractivity contribution < 1.29 is 14.7 Å². The minimum Gasteiger partial charge on any atom is -0.479 e. The molecule has 1 aliphatic heterocycles. The van der Waals surface area contributed by atoms with Crippen LogP contribution in [0.4, 0.5) is 0 Å². The van der Waals surface area contributed by atoms with E-state index in [1.165, 1.54) is 18.4 Å². The molecule has 2 N–H and O–H groups in total. The number of aliphatic carboxylic acids is 1. The van der Waals surface area contributed by atoms with E-state index in [0.717, 1.165) is 31.8 Å². The molecule has 1 aromatic rings. The van der Waals surface area contributed by atoms with Gasteiger partial charge in [-0.25, -0.2) is 4.79 Å². The highest BCUT2D eigenvalue weighted by Gasteiger charge is 2.53. The van der Waals surface area contributed by atoms with Gasteiger partial charge >= 0.3 is 5.97 Å². The van der Waals surface area contributed by atoms with Gasteiger partial charge in [0.1, 0.15) is 0 Å². The molecule has 0 bridgehead atoms. The average molecular weight is 342 g/mol. The van der Waals surface area contributed by atoms with E-state index < -0.39 is 11.5 Å². The maximum Gasteiger partial charge on any atom is 0.330 e. The third-order valence-electron chi connectivity index (χ3n) is 6.00. The second-order valence-electron chi connectivity index (χ2n) is 8.02. The summed E-state index contributed by atoms with van der Waals surface area (Å²) in [5, 5.41) is 12.8. The van der Waals surface area contributed by atoms with E-state index in [1.54, 1.807) is 0 Å². The first-order valence-electron chi connectivity index (χ1n) is 9.39. The molecule has 3 fully saturated rings. The van der Waals surface area contributed by atoms with Crippen LogP contribution in [0.5, 0.6) is 0 Å². The van der Waals surface area contributed by atoms with Gasteiger partial charge in [-0.3, -0.25) is 9.69 Å². The number of carboxylic acid groups (broad SMARTS) is 1. The van der Waals surface area contributed by atoms with Crippen molar-refractivity contribution in [3.8, 4) is 0 Å². The van der Waals surface area contributed by atoms with Crippen molar-refractivity contribution in [2.24, 2.45) is 17.8 Å². The second kappa shape index (κ2) is 6.45. The van der Waals surface area contributed by atoms with Crippen molar-refractivity contribution in [2.75, 3.05) is 13.1 Å². The summed E-state index contributed by atoms with van der Waals surface area (Å²) < 4.78 is 0. The van der Waals surface area contributed by atoms with E-state index in [1.807, 2.05) is 18.2 Å². The number of benzene rings is 1. The maximum absolute atomic E-state index is 12.6. The number of hydrogen-bond acceptors (Lipinski definition) is 3. The molecule has 1 saturated heterocycles. The number of piperidine rings is 1. The molecule has 0 radical (unpaired) electrons. The second-order valence-corrected chi connectivity index (χ2v) is 8.02. The highest BCUT2D eigenvalue weighted by molar-refractivity contribution is 5.89. The minimum absolute atomic E-state index is 0.0409. The van der Waals surface area contributed by atoms with E-state index in [2.05, 4.69) is 22.3 Å². The lowest BCUT2D eigenvalue weighted by molar-refractivity contribution is -0.150. The molecular weight excluding hydrogens is 316 g/mol. The molecule has 0 spiro atoms. The molecule has 3 unspecified atom stereocenters. The van der Waals surface area contributed by atoms with Crippen LogP contribution in [0.2, 0.25) is 0 Å². The van der Waals surface area contributed by atoms with E-state index in [4.69, 9.17) is 0 Å². The first kappa shape index (κ1) is 16.6. The SMILES string of the molecule is O=C(NC1(C(=O)O)CCCN(Cc2ccccc2)C1)C1CC1C1CC1. The van der Waals surface area contributed by atoms with E-state index in [9.17, 15) is 14.7 Å². The van der Waals surface area contributed by atoms with Gasteiger partial charge in [0, 0.05) is 19.0 Å². The monoisotopic (exact) mass is 342 g/mol. The molecule has 1 aromatic carbocycles. The lowest BCUT2D eigenvalue weighted by Gasteiger charge is -2.40. The standard InChI is InChI=1S/C20H26N2O3/c23-18(17-11-16(17)15-7-8-15)21-20(19(24)25)9-4-10-22(13-20)12-14-5-2-1-3-6-14/h1-3,5-6,15-17H,4,7-13H2,(H,21,23)(H,24,25). The van der Waals surface area contributed by atoms with Crippen LogP contribution in [0.25, 0.3) is 0 Å². The van der Waals surface area contributed by atoms with Crippen LogP contribution in [0.15, 0.2) is 30.3 Å². The Balaban J connectivity index is 1.42. The minimum atomic E-state index is -1.14. The molecule has 134 valence electrons.